The van der Waals surface area contributed by atoms with E-state index in [1.807, 2.05) is 6.08 Å². The fourth-order valence-electron chi connectivity index (χ4n) is 12.0. The van der Waals surface area contributed by atoms with Gasteiger partial charge in [0.15, 0.2) is 18.9 Å². The van der Waals surface area contributed by atoms with E-state index in [4.69, 9.17) is 28.4 Å². The van der Waals surface area contributed by atoms with E-state index in [9.17, 15) is 61.0 Å². The molecule has 17 atom stereocenters. The van der Waals surface area contributed by atoms with Crippen molar-refractivity contribution in [1.82, 2.24) is 5.32 Å². The van der Waals surface area contributed by atoms with Crippen molar-refractivity contribution < 1.29 is 89.4 Å². The quantitative estimate of drug-likeness (QED) is 0.0199. The van der Waals surface area contributed by atoms with Crippen molar-refractivity contribution in [1.29, 1.82) is 0 Å². The summed E-state index contributed by atoms with van der Waals surface area (Å²) in [7, 11) is 0. The third-order valence-electron chi connectivity index (χ3n) is 17.9. The number of nitrogens with one attached hydrogen (secondary N) is 1. The van der Waals surface area contributed by atoms with Gasteiger partial charge in [0.05, 0.1) is 38.6 Å². The van der Waals surface area contributed by atoms with Gasteiger partial charge in [0.1, 0.15) is 73.2 Å². The van der Waals surface area contributed by atoms with Crippen LogP contribution in [0, 0.1) is 0 Å². The van der Waals surface area contributed by atoms with E-state index >= 15 is 0 Å². The molecule has 94 heavy (non-hydrogen) atoms. The number of aliphatic hydroxyl groups is 11. The molecule has 19 nitrogen and oxygen atoms in total. The first-order valence-corrected chi connectivity index (χ1v) is 36.8. The predicted octanol–water partition coefficient (Wildman–Crippen LogP) is 10.7. The van der Waals surface area contributed by atoms with Crippen molar-refractivity contribution in [3.05, 3.63) is 85.1 Å². The van der Waals surface area contributed by atoms with E-state index in [0.717, 1.165) is 70.6 Å². The van der Waals surface area contributed by atoms with Crippen molar-refractivity contribution in [2.45, 2.75) is 356 Å². The van der Waals surface area contributed by atoms with Gasteiger partial charge in [0.25, 0.3) is 0 Å². The maximum absolute atomic E-state index is 13.4. The third-order valence-corrected chi connectivity index (χ3v) is 17.9. The molecule has 3 aliphatic heterocycles. The minimum atomic E-state index is -1.98. The van der Waals surface area contributed by atoms with E-state index in [0.29, 0.717) is 12.8 Å². The molecule has 0 aliphatic carbocycles. The molecule has 19 heteroatoms. The number of carbonyl (C=O) groups is 1. The fourth-order valence-corrected chi connectivity index (χ4v) is 12.0. The number of hydrogen-bond acceptors (Lipinski definition) is 18. The van der Waals surface area contributed by atoms with Crippen molar-refractivity contribution in [2.75, 3.05) is 26.4 Å². The van der Waals surface area contributed by atoms with Gasteiger partial charge >= 0.3 is 0 Å². The van der Waals surface area contributed by atoms with E-state index in [2.05, 4.69) is 92.1 Å². The monoisotopic (exact) mass is 1330 g/mol. The summed E-state index contributed by atoms with van der Waals surface area (Å²) in [5, 5.41) is 120. The van der Waals surface area contributed by atoms with Gasteiger partial charge in [-0.15, -0.1) is 0 Å². The summed E-state index contributed by atoms with van der Waals surface area (Å²) in [5.74, 6) is -0.286. The second-order valence-electron chi connectivity index (χ2n) is 26.0. The van der Waals surface area contributed by atoms with Gasteiger partial charge in [-0.1, -0.05) is 253 Å². The zero-order chi connectivity index (χ0) is 68.2. The Hall–Kier alpha value is -3.03. The van der Waals surface area contributed by atoms with Gasteiger partial charge in [-0.2, -0.15) is 0 Å². The molecule has 3 heterocycles. The van der Waals surface area contributed by atoms with Gasteiger partial charge < -0.3 is 89.9 Å². The minimum Gasteiger partial charge on any atom is -0.394 e. The normalized spacial score (nSPS) is 27.9. The van der Waals surface area contributed by atoms with E-state index < -0.39 is 124 Å². The van der Waals surface area contributed by atoms with Crippen LogP contribution in [-0.2, 0) is 33.2 Å². The molecule has 0 aromatic carbocycles. The Balaban J connectivity index is 1.27. The zero-order valence-corrected chi connectivity index (χ0v) is 57.7. The van der Waals surface area contributed by atoms with E-state index in [1.54, 1.807) is 6.08 Å². The van der Waals surface area contributed by atoms with Crippen molar-refractivity contribution in [2.24, 2.45) is 0 Å². The topological polar surface area (TPSA) is 307 Å². The Kier molecular flexibility index (Phi) is 50.6. The molecule has 0 radical (unpaired) electrons. The Morgan fingerprint density at radius 2 is 0.745 bits per heavy atom. The number of rotatable bonds is 56. The molecule has 3 aliphatic rings. The Labute approximate surface area is 565 Å². The van der Waals surface area contributed by atoms with Crippen LogP contribution >= 0.6 is 0 Å². The lowest BCUT2D eigenvalue weighted by Crippen LogP contribution is -2.66. The van der Waals surface area contributed by atoms with Crippen LogP contribution in [0.2, 0.25) is 0 Å². The van der Waals surface area contributed by atoms with Crippen LogP contribution in [0.1, 0.15) is 251 Å². The smallest absolute Gasteiger partial charge is 0.220 e. The Morgan fingerprint density at radius 3 is 1.19 bits per heavy atom. The second-order valence-corrected chi connectivity index (χ2v) is 26.0. The molecule has 3 rings (SSSR count). The number of hydrogen-bond donors (Lipinski definition) is 12. The molecular weight excluding hydrogens is 1200 g/mol. The lowest BCUT2D eigenvalue weighted by atomic mass is 9.96. The van der Waals surface area contributed by atoms with Crippen LogP contribution < -0.4 is 5.32 Å². The molecular formula is C75H131NO18. The highest BCUT2D eigenvalue weighted by atomic mass is 16.8. The average molecular weight is 1330 g/mol. The lowest BCUT2D eigenvalue weighted by molar-refractivity contribution is -0.379. The van der Waals surface area contributed by atoms with E-state index in [-0.39, 0.29) is 18.9 Å². The average Bonchev–Trinajstić information content (AvgIpc) is 0.788. The van der Waals surface area contributed by atoms with Gasteiger partial charge in [-0.05, 0) is 77.0 Å². The van der Waals surface area contributed by atoms with Crippen molar-refractivity contribution in [3.8, 4) is 0 Å². The number of ether oxygens (including phenoxy) is 6. The molecule has 0 saturated carbocycles. The predicted molar refractivity (Wildman–Crippen MR) is 369 cm³/mol. The van der Waals surface area contributed by atoms with Gasteiger partial charge in [-0.3, -0.25) is 4.79 Å². The molecule has 1 amide bonds. The fraction of sp³-hybridized carbons (Fsp3) is 0.800. The zero-order valence-electron chi connectivity index (χ0n) is 57.7. The number of unbranched alkanes of at least 4 members (excludes halogenated alkanes) is 28. The first-order valence-electron chi connectivity index (χ1n) is 36.8. The molecule has 0 spiro atoms. The number of allylic oxidation sites excluding steroid dienone is 13. The minimum absolute atomic E-state index is 0.235. The second kappa shape index (κ2) is 55.8. The molecule has 0 bridgehead atoms. The largest absolute Gasteiger partial charge is 0.394 e. The molecule has 3 fully saturated rings. The summed E-state index contributed by atoms with van der Waals surface area (Å²) in [5.41, 5.74) is 0. The maximum atomic E-state index is 13.4. The molecule has 17 unspecified atom stereocenters. The SMILES string of the molecule is CC/C=C\C/C=C\C/C=C\C/C=C\C/C=C\CCCCCCCCCCCCCCCCCCCCCCCCCC(=O)NC(COC1OC(CO)C(OC2OC(CO)C(OC3OC(CO)C(O)C(O)C3O)C(O)C2O)C(O)C1O)C(O)/C=C/CC/C=C/CCCCCC. The lowest BCUT2D eigenvalue weighted by Gasteiger charge is -2.48. The molecule has 0 aromatic heterocycles. The van der Waals surface area contributed by atoms with Crippen molar-refractivity contribution >= 4 is 5.91 Å². The summed E-state index contributed by atoms with van der Waals surface area (Å²) >= 11 is 0. The number of carbonyl (C=O) groups excluding carboxylic acids is 1. The standard InChI is InChI=1S/C75H131NO18/c1-3-5-7-9-11-13-15-16-17-18-19-20-21-22-23-24-25-26-27-28-29-30-31-32-33-34-35-36-37-38-39-40-41-42-43-45-47-49-51-53-63(81)76-58(59(80)52-50-48-46-44-14-12-10-8-6-4-2)57-89-73-69(87)66(84)71(61(55-78)91-73)94-75-70(88)67(85)72(62(56-79)92-75)93-74-68(86)65(83)64(82)60(54-77)90-74/h5,7,11,13-14,16-17,19-20,22-23,44,50,52,58-62,64-75,77-80,82-88H,3-4,6,8-10,12,15,18,21,24-43,45-49,51,53-57H2,1-2H3,(H,76,81)/b7-5-,13-11-,17-16-,20-19-,23-22-,44-14+,52-50+. The maximum Gasteiger partial charge on any atom is 0.220 e. The highest BCUT2D eigenvalue weighted by molar-refractivity contribution is 5.76. The van der Waals surface area contributed by atoms with Crippen LogP contribution in [0.15, 0.2) is 85.1 Å². The van der Waals surface area contributed by atoms with Crippen LogP contribution in [0.4, 0.5) is 0 Å². The summed E-state index contributed by atoms with van der Waals surface area (Å²) in [4.78, 5) is 13.4. The number of aliphatic hydroxyl groups excluding tert-OH is 11. The van der Waals surface area contributed by atoms with Gasteiger partial charge in [0.2, 0.25) is 5.91 Å². The van der Waals surface area contributed by atoms with Crippen LogP contribution in [-0.4, -0.2) is 193 Å². The molecule has 544 valence electrons. The Morgan fingerprint density at radius 1 is 0.394 bits per heavy atom. The van der Waals surface area contributed by atoms with E-state index in [1.165, 1.54) is 148 Å². The van der Waals surface area contributed by atoms with Crippen LogP contribution in [0.3, 0.4) is 0 Å². The first kappa shape index (κ1) is 85.2. The van der Waals surface area contributed by atoms with Crippen molar-refractivity contribution in [3.63, 3.8) is 0 Å². The summed E-state index contributed by atoms with van der Waals surface area (Å²) in [6.45, 7) is 1.55. The Bertz CT molecular complexity index is 2030. The van der Waals surface area contributed by atoms with Gasteiger partial charge in [-0.25, -0.2) is 0 Å². The summed E-state index contributed by atoms with van der Waals surface area (Å²) in [6, 6.07) is -0.989. The first-order chi connectivity index (χ1) is 45.8. The molecule has 0 aromatic rings. The number of amides is 1. The summed E-state index contributed by atoms with van der Waals surface area (Å²) in [6.07, 6.45) is 46.2. The van der Waals surface area contributed by atoms with Crippen LogP contribution in [0.25, 0.3) is 0 Å². The highest BCUT2D eigenvalue weighted by Gasteiger charge is 2.53. The highest BCUT2D eigenvalue weighted by Crippen LogP contribution is 2.33. The van der Waals surface area contributed by atoms with Crippen LogP contribution in [0.5, 0.6) is 0 Å². The molecule has 3 saturated heterocycles. The van der Waals surface area contributed by atoms with Gasteiger partial charge in [0, 0.05) is 6.42 Å². The third kappa shape index (κ3) is 36.7. The summed E-state index contributed by atoms with van der Waals surface area (Å²) < 4.78 is 34.3. The molecule has 12 N–H and O–H groups in total.